The third-order valence-electron chi connectivity index (χ3n) is 3.89. The van der Waals surface area contributed by atoms with Gasteiger partial charge in [0.2, 0.25) is 10.0 Å². The van der Waals surface area contributed by atoms with Gasteiger partial charge >= 0.3 is 0 Å². The molecule has 0 fully saturated rings. The van der Waals surface area contributed by atoms with Crippen molar-refractivity contribution in [1.82, 2.24) is 4.72 Å². The molecule has 0 aliphatic rings. The lowest BCUT2D eigenvalue weighted by atomic mass is 9.82. The lowest BCUT2D eigenvalue weighted by Crippen LogP contribution is -2.33. The first kappa shape index (κ1) is 18.1. The van der Waals surface area contributed by atoms with Crippen LogP contribution in [0.25, 0.3) is 0 Å². The fourth-order valence-corrected chi connectivity index (χ4v) is 3.00. The molecule has 3 N–H and O–H groups in total. The van der Waals surface area contributed by atoms with Crippen LogP contribution in [0.2, 0.25) is 0 Å². The summed E-state index contributed by atoms with van der Waals surface area (Å²) in [4.78, 5) is 0.0583. The van der Waals surface area contributed by atoms with Gasteiger partial charge in [0.05, 0.1) is 4.90 Å². The molecule has 0 spiro atoms. The van der Waals surface area contributed by atoms with Gasteiger partial charge in [0.25, 0.3) is 0 Å². The van der Waals surface area contributed by atoms with Gasteiger partial charge < -0.3 is 5.73 Å². The molecule has 0 heterocycles. The zero-order valence-electron chi connectivity index (χ0n) is 13.3. The van der Waals surface area contributed by atoms with Gasteiger partial charge in [-0.3, -0.25) is 0 Å². The van der Waals surface area contributed by atoms with Crippen LogP contribution in [-0.4, -0.2) is 15.0 Å². The molecule has 6 heteroatoms. The van der Waals surface area contributed by atoms with Gasteiger partial charge in [-0.2, -0.15) is 0 Å². The number of benzene rings is 1. The van der Waals surface area contributed by atoms with Crippen molar-refractivity contribution in [2.45, 2.75) is 46.1 Å². The Hall–Kier alpha value is -0.980. The van der Waals surface area contributed by atoms with Crippen molar-refractivity contribution in [3.63, 3.8) is 0 Å². The zero-order chi connectivity index (χ0) is 16.4. The molecule has 0 aliphatic carbocycles. The quantitative estimate of drug-likeness (QED) is 0.877. The maximum Gasteiger partial charge on any atom is 0.240 e. The molecule has 0 amide bonds. The van der Waals surface area contributed by atoms with Gasteiger partial charge in [0.1, 0.15) is 5.82 Å². The van der Waals surface area contributed by atoms with Crippen molar-refractivity contribution < 1.29 is 12.8 Å². The van der Waals surface area contributed by atoms with Crippen LogP contribution >= 0.6 is 0 Å². The molecular weight excluding hydrogens is 291 g/mol. The molecule has 1 unspecified atom stereocenters. The SMILES string of the molecule is Cc1cc(S(=O)(=O)NCC(C)C(C)(C)C)cc(CN)c1F. The first-order valence-corrected chi connectivity index (χ1v) is 8.46. The predicted molar refractivity (Wildman–Crippen MR) is 82.8 cm³/mol. The van der Waals surface area contributed by atoms with E-state index in [9.17, 15) is 12.8 Å². The van der Waals surface area contributed by atoms with Gasteiger partial charge in [-0.25, -0.2) is 17.5 Å². The number of aryl methyl sites for hydroxylation is 1. The fourth-order valence-electron chi connectivity index (χ4n) is 1.73. The Morgan fingerprint density at radius 2 is 1.90 bits per heavy atom. The molecule has 1 rings (SSSR count). The normalized spacial score (nSPS) is 14.2. The van der Waals surface area contributed by atoms with Crippen molar-refractivity contribution >= 4 is 10.0 Å². The van der Waals surface area contributed by atoms with Crippen molar-refractivity contribution in [1.29, 1.82) is 0 Å². The summed E-state index contributed by atoms with van der Waals surface area (Å²) in [6, 6.07) is 2.63. The van der Waals surface area contributed by atoms with Crippen molar-refractivity contribution in [3.05, 3.63) is 29.1 Å². The third-order valence-corrected chi connectivity index (χ3v) is 5.29. The number of sulfonamides is 1. The number of halogens is 1. The molecule has 0 radical (unpaired) electrons. The molecular formula is C15H25FN2O2S. The van der Waals surface area contributed by atoms with Crippen LogP contribution in [0.3, 0.4) is 0 Å². The van der Waals surface area contributed by atoms with E-state index in [1.807, 2.05) is 6.92 Å². The van der Waals surface area contributed by atoms with E-state index in [1.54, 1.807) is 0 Å². The number of nitrogens with two attached hydrogens (primary N) is 1. The number of hydrogen-bond donors (Lipinski definition) is 2. The first-order chi connectivity index (χ1) is 9.49. The summed E-state index contributed by atoms with van der Waals surface area (Å²) in [6.45, 7) is 9.99. The molecule has 4 nitrogen and oxygen atoms in total. The molecule has 1 aromatic carbocycles. The zero-order valence-corrected chi connectivity index (χ0v) is 14.1. The lowest BCUT2D eigenvalue weighted by molar-refractivity contribution is 0.263. The monoisotopic (exact) mass is 316 g/mol. The molecule has 0 saturated carbocycles. The fraction of sp³-hybridized carbons (Fsp3) is 0.600. The average Bonchev–Trinajstić information content (AvgIpc) is 2.37. The van der Waals surface area contributed by atoms with Crippen LogP contribution in [0.5, 0.6) is 0 Å². The summed E-state index contributed by atoms with van der Waals surface area (Å²) in [5.41, 5.74) is 5.95. The molecule has 1 aromatic rings. The van der Waals surface area contributed by atoms with Crippen molar-refractivity contribution in [2.75, 3.05) is 6.54 Å². The molecule has 120 valence electrons. The summed E-state index contributed by atoms with van der Waals surface area (Å²) in [5, 5.41) is 0. The second kappa shape index (κ2) is 6.42. The second-order valence-corrected chi connectivity index (χ2v) is 8.30. The Bertz CT molecular complexity index is 607. The Labute approximate surface area is 127 Å². The Morgan fingerprint density at radius 3 is 2.38 bits per heavy atom. The van der Waals surface area contributed by atoms with Crippen LogP contribution < -0.4 is 10.5 Å². The number of nitrogens with one attached hydrogen (secondary N) is 1. The highest BCUT2D eigenvalue weighted by Gasteiger charge is 2.23. The minimum atomic E-state index is -3.66. The maximum absolute atomic E-state index is 13.7. The van der Waals surface area contributed by atoms with E-state index in [2.05, 4.69) is 25.5 Å². The Kier molecular flexibility index (Phi) is 5.52. The van der Waals surface area contributed by atoms with Gasteiger partial charge in [0.15, 0.2) is 0 Å². The molecule has 1 atom stereocenters. The standard InChI is InChI=1S/C15H25FN2O2S/c1-10-6-13(7-12(8-17)14(10)16)21(19,20)18-9-11(2)15(3,4)5/h6-7,11,18H,8-9,17H2,1-5H3. The molecule has 0 saturated heterocycles. The highest BCUT2D eigenvalue weighted by molar-refractivity contribution is 7.89. The number of hydrogen-bond acceptors (Lipinski definition) is 3. The number of rotatable bonds is 5. The van der Waals surface area contributed by atoms with E-state index < -0.39 is 15.8 Å². The third kappa shape index (κ3) is 4.49. The van der Waals surface area contributed by atoms with Gasteiger partial charge in [-0.05, 0) is 36.0 Å². The van der Waals surface area contributed by atoms with E-state index in [1.165, 1.54) is 19.1 Å². The van der Waals surface area contributed by atoms with E-state index in [4.69, 9.17) is 5.73 Å². The van der Waals surface area contributed by atoms with E-state index in [0.717, 1.165) is 0 Å². The minimum Gasteiger partial charge on any atom is -0.326 e. The predicted octanol–water partition coefficient (Wildman–Crippen LogP) is 2.55. The van der Waals surface area contributed by atoms with Crippen LogP contribution in [0, 0.1) is 24.1 Å². The molecule has 21 heavy (non-hydrogen) atoms. The summed E-state index contributed by atoms with van der Waals surface area (Å²) in [5.74, 6) is -0.276. The van der Waals surface area contributed by atoms with Crippen molar-refractivity contribution in [3.8, 4) is 0 Å². The van der Waals surface area contributed by atoms with Gasteiger partial charge in [-0.1, -0.05) is 27.7 Å². The van der Waals surface area contributed by atoms with Gasteiger partial charge in [0, 0.05) is 18.7 Å². The minimum absolute atomic E-state index is 0.00362. The summed E-state index contributed by atoms with van der Waals surface area (Å²) < 4.78 is 41.0. The van der Waals surface area contributed by atoms with E-state index >= 15 is 0 Å². The molecule has 0 bridgehead atoms. The summed E-state index contributed by atoms with van der Waals surface area (Å²) in [6.07, 6.45) is 0. The largest absolute Gasteiger partial charge is 0.326 e. The van der Waals surface area contributed by atoms with E-state index in [-0.39, 0.29) is 33.9 Å². The van der Waals surface area contributed by atoms with Crippen LogP contribution in [0.4, 0.5) is 4.39 Å². The highest BCUT2D eigenvalue weighted by atomic mass is 32.2. The highest BCUT2D eigenvalue weighted by Crippen LogP contribution is 2.25. The molecule has 0 aromatic heterocycles. The lowest BCUT2D eigenvalue weighted by Gasteiger charge is -2.27. The van der Waals surface area contributed by atoms with Crippen LogP contribution in [0.1, 0.15) is 38.8 Å². The van der Waals surface area contributed by atoms with Crippen LogP contribution in [0.15, 0.2) is 17.0 Å². The van der Waals surface area contributed by atoms with E-state index in [0.29, 0.717) is 6.54 Å². The second-order valence-electron chi connectivity index (χ2n) is 6.54. The topological polar surface area (TPSA) is 72.2 Å². The Balaban J connectivity index is 3.01. The Morgan fingerprint density at radius 1 is 1.33 bits per heavy atom. The summed E-state index contributed by atoms with van der Waals surface area (Å²) >= 11 is 0. The van der Waals surface area contributed by atoms with Gasteiger partial charge in [-0.15, -0.1) is 0 Å². The summed E-state index contributed by atoms with van der Waals surface area (Å²) in [7, 11) is -3.66. The average molecular weight is 316 g/mol. The van der Waals surface area contributed by atoms with Crippen molar-refractivity contribution in [2.24, 2.45) is 17.1 Å². The smallest absolute Gasteiger partial charge is 0.240 e. The molecule has 0 aliphatic heterocycles. The first-order valence-electron chi connectivity index (χ1n) is 6.97. The van der Waals surface area contributed by atoms with Crippen LogP contribution in [-0.2, 0) is 16.6 Å². The maximum atomic E-state index is 13.7.